The third kappa shape index (κ3) is 3.02. The summed E-state index contributed by atoms with van der Waals surface area (Å²) < 4.78 is 5.39. The van der Waals surface area contributed by atoms with Crippen LogP contribution in [-0.2, 0) is 11.2 Å². The zero-order valence-electron chi connectivity index (χ0n) is 15.5. The average Bonchev–Trinajstić information content (AvgIpc) is 3.32. The van der Waals surface area contributed by atoms with E-state index in [0.717, 1.165) is 22.4 Å². The molecule has 2 atom stereocenters. The molecule has 6 nitrogen and oxygen atoms in total. The van der Waals surface area contributed by atoms with Crippen LogP contribution in [0.25, 0.3) is 0 Å². The van der Waals surface area contributed by atoms with Crippen LogP contribution in [0.4, 0.5) is 5.13 Å². The minimum absolute atomic E-state index is 0.119. The lowest BCUT2D eigenvalue weighted by atomic mass is 9.73. The van der Waals surface area contributed by atoms with Crippen molar-refractivity contribution in [2.24, 2.45) is 5.41 Å². The smallest absolute Gasteiger partial charge is 0.233 e. The Kier molecular flexibility index (Phi) is 4.57. The Morgan fingerprint density at radius 3 is 2.93 bits per heavy atom. The number of methoxy groups -OCH3 is 1. The number of fused-ring (bicyclic) bond motifs is 1. The van der Waals surface area contributed by atoms with Gasteiger partial charge in [-0.2, -0.15) is 5.26 Å². The van der Waals surface area contributed by atoms with Crippen LogP contribution in [0.3, 0.4) is 0 Å². The Bertz CT molecular complexity index is 1070. The van der Waals surface area contributed by atoms with Crippen LogP contribution >= 0.6 is 11.3 Å². The number of nitrogens with zero attached hydrogens (tertiary/aromatic N) is 3. The Morgan fingerprint density at radius 2 is 2.21 bits per heavy atom. The van der Waals surface area contributed by atoms with Crippen molar-refractivity contribution in [1.82, 2.24) is 10.2 Å². The second-order valence-electron chi connectivity index (χ2n) is 7.03. The molecule has 0 saturated heterocycles. The fourth-order valence-electron chi connectivity index (χ4n) is 3.98. The van der Waals surface area contributed by atoms with Gasteiger partial charge in [-0.05, 0) is 54.3 Å². The Labute approximate surface area is 166 Å². The molecular weight excluding hydrogens is 372 g/mol. The van der Waals surface area contributed by atoms with Gasteiger partial charge in [-0.3, -0.25) is 4.79 Å². The van der Waals surface area contributed by atoms with Crippen molar-refractivity contribution >= 4 is 22.4 Å². The molecule has 140 valence electrons. The number of hydrogen-bond donors (Lipinski definition) is 1. The van der Waals surface area contributed by atoms with Crippen LogP contribution in [0.5, 0.6) is 5.75 Å². The van der Waals surface area contributed by atoms with Gasteiger partial charge in [-0.25, -0.2) is 0 Å². The standard InChI is InChI=1S/C21H18N4O2S/c1-21(19(26)24-20-25-23-12-28-20)10-15-7-6-13(11-22)8-17(15)18(21)14-4-3-5-16(9-14)27-2/h3-9,12,18H,10H2,1-2H3,(H,24,25,26). The molecule has 7 heteroatoms. The second-order valence-corrected chi connectivity index (χ2v) is 7.86. The number of ether oxygens (including phenoxy) is 1. The van der Waals surface area contributed by atoms with E-state index in [-0.39, 0.29) is 11.8 Å². The van der Waals surface area contributed by atoms with E-state index in [9.17, 15) is 10.1 Å². The number of amides is 1. The molecule has 1 aromatic heterocycles. The number of hydrogen-bond acceptors (Lipinski definition) is 6. The molecule has 0 fully saturated rings. The number of carbonyl (C=O) groups is 1. The molecular formula is C21H18N4O2S. The van der Waals surface area contributed by atoms with Gasteiger partial charge in [0.05, 0.1) is 24.2 Å². The fraction of sp³-hybridized carbons (Fsp3) is 0.238. The van der Waals surface area contributed by atoms with Crippen LogP contribution < -0.4 is 10.1 Å². The van der Waals surface area contributed by atoms with Gasteiger partial charge in [0, 0.05) is 5.92 Å². The maximum atomic E-state index is 13.3. The highest BCUT2D eigenvalue weighted by Crippen LogP contribution is 2.52. The first-order valence-electron chi connectivity index (χ1n) is 8.79. The Balaban J connectivity index is 1.82. The van der Waals surface area contributed by atoms with E-state index in [0.29, 0.717) is 17.1 Å². The van der Waals surface area contributed by atoms with Crippen LogP contribution in [-0.4, -0.2) is 23.2 Å². The maximum absolute atomic E-state index is 13.3. The van der Waals surface area contributed by atoms with Gasteiger partial charge < -0.3 is 10.1 Å². The van der Waals surface area contributed by atoms with Gasteiger partial charge in [0.2, 0.25) is 11.0 Å². The van der Waals surface area contributed by atoms with Crippen LogP contribution in [0.2, 0.25) is 0 Å². The van der Waals surface area contributed by atoms with Crippen LogP contribution in [0.1, 0.15) is 35.1 Å². The summed E-state index contributed by atoms with van der Waals surface area (Å²) in [6, 6.07) is 15.6. The van der Waals surface area contributed by atoms with Crippen molar-refractivity contribution in [2.75, 3.05) is 12.4 Å². The predicted molar refractivity (Wildman–Crippen MR) is 106 cm³/mol. The number of benzene rings is 2. The highest BCUT2D eigenvalue weighted by molar-refractivity contribution is 7.13. The molecule has 0 bridgehead atoms. The first kappa shape index (κ1) is 18.1. The monoisotopic (exact) mass is 390 g/mol. The number of anilines is 1. The highest BCUT2D eigenvalue weighted by Gasteiger charge is 2.49. The minimum Gasteiger partial charge on any atom is -0.497 e. The van der Waals surface area contributed by atoms with Crippen LogP contribution in [0, 0.1) is 16.7 Å². The van der Waals surface area contributed by atoms with Crippen molar-refractivity contribution in [2.45, 2.75) is 19.3 Å². The summed E-state index contributed by atoms with van der Waals surface area (Å²) in [5, 5.41) is 20.5. The Morgan fingerprint density at radius 1 is 1.36 bits per heavy atom. The van der Waals surface area contributed by atoms with E-state index in [1.54, 1.807) is 18.7 Å². The number of carbonyl (C=O) groups excluding carboxylic acids is 1. The molecule has 2 aromatic carbocycles. The van der Waals surface area contributed by atoms with Crippen molar-refractivity contribution in [3.05, 3.63) is 70.2 Å². The SMILES string of the molecule is COc1cccc(C2c3cc(C#N)ccc3CC2(C)C(=O)Nc2nncs2)c1. The van der Waals surface area contributed by atoms with Gasteiger partial charge >= 0.3 is 0 Å². The van der Waals surface area contributed by atoms with E-state index < -0.39 is 5.41 Å². The highest BCUT2D eigenvalue weighted by atomic mass is 32.1. The minimum atomic E-state index is -0.742. The van der Waals surface area contributed by atoms with E-state index in [1.165, 1.54) is 11.3 Å². The fourth-order valence-corrected chi connectivity index (χ4v) is 4.42. The van der Waals surface area contributed by atoms with Crippen molar-refractivity contribution in [3.8, 4) is 11.8 Å². The lowest BCUT2D eigenvalue weighted by Crippen LogP contribution is -2.37. The summed E-state index contributed by atoms with van der Waals surface area (Å²) >= 11 is 1.28. The van der Waals surface area contributed by atoms with Gasteiger partial charge in [0.25, 0.3) is 0 Å². The molecule has 1 aliphatic rings. The van der Waals surface area contributed by atoms with E-state index in [4.69, 9.17) is 4.74 Å². The molecule has 0 saturated carbocycles. The summed E-state index contributed by atoms with van der Waals surface area (Å²) in [5.41, 5.74) is 4.47. The molecule has 4 rings (SSSR count). The molecule has 1 amide bonds. The number of aromatic nitrogens is 2. The van der Waals surface area contributed by atoms with E-state index in [2.05, 4.69) is 21.6 Å². The van der Waals surface area contributed by atoms with Crippen molar-refractivity contribution in [1.29, 1.82) is 5.26 Å². The number of nitriles is 1. The Hall–Kier alpha value is -3.24. The molecule has 28 heavy (non-hydrogen) atoms. The summed E-state index contributed by atoms with van der Waals surface area (Å²) in [5.74, 6) is 0.403. The van der Waals surface area contributed by atoms with Crippen molar-refractivity contribution in [3.63, 3.8) is 0 Å². The van der Waals surface area contributed by atoms with Crippen LogP contribution in [0.15, 0.2) is 48.0 Å². The molecule has 2 unspecified atom stereocenters. The largest absolute Gasteiger partial charge is 0.497 e. The topological polar surface area (TPSA) is 87.9 Å². The summed E-state index contributed by atoms with van der Waals surface area (Å²) in [7, 11) is 1.62. The quantitative estimate of drug-likeness (QED) is 0.733. The zero-order valence-corrected chi connectivity index (χ0v) is 16.3. The lowest BCUT2D eigenvalue weighted by molar-refractivity contribution is -0.125. The molecule has 0 radical (unpaired) electrons. The molecule has 1 aliphatic carbocycles. The summed E-state index contributed by atoms with van der Waals surface area (Å²) in [4.78, 5) is 13.3. The van der Waals surface area contributed by atoms with Gasteiger partial charge in [0.15, 0.2) is 0 Å². The number of rotatable bonds is 4. The maximum Gasteiger partial charge on any atom is 0.233 e. The summed E-state index contributed by atoms with van der Waals surface area (Å²) in [6.07, 6.45) is 0.570. The number of nitrogens with one attached hydrogen (secondary N) is 1. The molecule has 0 spiro atoms. The van der Waals surface area contributed by atoms with E-state index in [1.807, 2.05) is 43.3 Å². The normalized spacial score (nSPS) is 20.2. The van der Waals surface area contributed by atoms with Gasteiger partial charge in [-0.15, -0.1) is 10.2 Å². The molecule has 1 N–H and O–H groups in total. The molecule has 0 aliphatic heterocycles. The molecule has 3 aromatic rings. The van der Waals surface area contributed by atoms with Crippen molar-refractivity contribution < 1.29 is 9.53 Å². The van der Waals surface area contributed by atoms with E-state index >= 15 is 0 Å². The third-order valence-corrected chi connectivity index (χ3v) is 5.91. The van der Waals surface area contributed by atoms with Gasteiger partial charge in [-0.1, -0.05) is 29.5 Å². The molecule has 1 heterocycles. The first-order chi connectivity index (χ1) is 13.5. The average molecular weight is 390 g/mol. The lowest BCUT2D eigenvalue weighted by Gasteiger charge is -2.31. The third-order valence-electron chi connectivity index (χ3n) is 5.31. The zero-order chi connectivity index (χ0) is 19.7. The second kappa shape index (κ2) is 7.06. The first-order valence-corrected chi connectivity index (χ1v) is 9.67. The predicted octanol–water partition coefficient (Wildman–Crippen LogP) is 3.75. The van der Waals surface area contributed by atoms with Gasteiger partial charge in [0.1, 0.15) is 11.3 Å². The summed E-state index contributed by atoms with van der Waals surface area (Å²) in [6.45, 7) is 1.96.